The van der Waals surface area contributed by atoms with E-state index in [4.69, 9.17) is 14.2 Å². The van der Waals surface area contributed by atoms with Gasteiger partial charge in [0.15, 0.2) is 11.5 Å². The van der Waals surface area contributed by atoms with Crippen LogP contribution >= 0.6 is 15.9 Å². The average molecular weight is 478 g/mol. The normalized spacial score (nSPS) is 10.7. The molecule has 0 atom stereocenters. The van der Waals surface area contributed by atoms with Crippen LogP contribution in [0.3, 0.4) is 0 Å². The summed E-state index contributed by atoms with van der Waals surface area (Å²) in [4.78, 5) is 23.9. The lowest BCUT2D eigenvalue weighted by Gasteiger charge is -2.15. The molecule has 2 rings (SSSR count). The topological polar surface area (TPSA) is 98.2 Å². The number of halogens is 1. The van der Waals surface area contributed by atoms with Crippen LogP contribution in [0, 0.1) is 0 Å². The fourth-order valence-electron chi connectivity index (χ4n) is 2.41. The standard InChI is InChI=1S/C21H24BrN3O5/c1-13(2)30-21-17(22)9-14(10-18(21)29-4)12-23-25-20(27)11-19(26)24-15-5-7-16(28-3)8-6-15/h5-10,12-13H,11H2,1-4H3,(H,24,26)(H,25,27). The van der Waals surface area contributed by atoms with Crippen LogP contribution in [0.15, 0.2) is 46.0 Å². The zero-order chi connectivity index (χ0) is 22.1. The summed E-state index contributed by atoms with van der Waals surface area (Å²) in [6.45, 7) is 3.84. The molecule has 0 heterocycles. The highest BCUT2D eigenvalue weighted by molar-refractivity contribution is 9.10. The van der Waals surface area contributed by atoms with E-state index in [-0.39, 0.29) is 12.5 Å². The molecular weight excluding hydrogens is 454 g/mol. The molecule has 0 aliphatic carbocycles. The third-order valence-corrected chi connectivity index (χ3v) is 4.29. The fraction of sp³-hybridized carbons (Fsp3) is 0.286. The number of hydrogen-bond acceptors (Lipinski definition) is 6. The van der Waals surface area contributed by atoms with E-state index in [1.807, 2.05) is 13.8 Å². The number of anilines is 1. The Kier molecular flexibility index (Phi) is 8.67. The third kappa shape index (κ3) is 7.07. The van der Waals surface area contributed by atoms with Gasteiger partial charge in [0.2, 0.25) is 11.8 Å². The van der Waals surface area contributed by atoms with Crippen LogP contribution in [0.4, 0.5) is 5.69 Å². The maximum absolute atomic E-state index is 12.0. The third-order valence-electron chi connectivity index (χ3n) is 3.70. The largest absolute Gasteiger partial charge is 0.497 e. The van der Waals surface area contributed by atoms with Crippen molar-refractivity contribution in [2.75, 3.05) is 19.5 Å². The van der Waals surface area contributed by atoms with E-state index in [1.165, 1.54) is 6.21 Å². The van der Waals surface area contributed by atoms with Gasteiger partial charge < -0.3 is 19.5 Å². The van der Waals surface area contributed by atoms with Crippen molar-refractivity contribution in [3.05, 3.63) is 46.4 Å². The predicted octanol–water partition coefficient (Wildman–Crippen LogP) is 3.73. The van der Waals surface area contributed by atoms with Gasteiger partial charge in [-0.2, -0.15) is 5.10 Å². The van der Waals surface area contributed by atoms with Gasteiger partial charge in [0, 0.05) is 5.69 Å². The highest BCUT2D eigenvalue weighted by Crippen LogP contribution is 2.36. The molecule has 0 aliphatic heterocycles. The Hall–Kier alpha value is -3.07. The first-order chi connectivity index (χ1) is 14.3. The van der Waals surface area contributed by atoms with Crippen molar-refractivity contribution in [3.8, 4) is 17.2 Å². The number of carbonyl (C=O) groups is 2. The second-order valence-corrected chi connectivity index (χ2v) is 7.30. The summed E-state index contributed by atoms with van der Waals surface area (Å²) in [5.41, 5.74) is 3.58. The number of rotatable bonds is 9. The maximum Gasteiger partial charge on any atom is 0.249 e. The van der Waals surface area contributed by atoms with Crippen LogP contribution in [0.1, 0.15) is 25.8 Å². The Morgan fingerprint density at radius 3 is 2.40 bits per heavy atom. The van der Waals surface area contributed by atoms with E-state index in [9.17, 15) is 9.59 Å². The molecule has 0 saturated carbocycles. The molecule has 0 radical (unpaired) electrons. The van der Waals surface area contributed by atoms with Crippen molar-refractivity contribution < 1.29 is 23.8 Å². The molecule has 0 bridgehead atoms. The molecule has 2 aromatic carbocycles. The Balaban J connectivity index is 1.91. The first kappa shape index (κ1) is 23.2. The average Bonchev–Trinajstić information content (AvgIpc) is 2.69. The van der Waals surface area contributed by atoms with Gasteiger partial charge in [0.1, 0.15) is 12.2 Å². The van der Waals surface area contributed by atoms with Crippen LogP contribution in [-0.2, 0) is 9.59 Å². The summed E-state index contributed by atoms with van der Waals surface area (Å²) in [6, 6.07) is 10.3. The van der Waals surface area contributed by atoms with Gasteiger partial charge in [-0.1, -0.05) is 0 Å². The van der Waals surface area contributed by atoms with Gasteiger partial charge in [-0.15, -0.1) is 0 Å². The quantitative estimate of drug-likeness (QED) is 0.325. The Morgan fingerprint density at radius 2 is 1.80 bits per heavy atom. The van der Waals surface area contributed by atoms with Crippen molar-refractivity contribution in [2.45, 2.75) is 26.4 Å². The molecule has 2 aromatic rings. The first-order valence-electron chi connectivity index (χ1n) is 9.12. The molecule has 2 N–H and O–H groups in total. The van der Waals surface area contributed by atoms with Gasteiger partial charge in [0.25, 0.3) is 0 Å². The van der Waals surface area contributed by atoms with Crippen molar-refractivity contribution in [2.24, 2.45) is 5.10 Å². The maximum atomic E-state index is 12.0. The molecule has 0 unspecified atom stereocenters. The zero-order valence-corrected chi connectivity index (χ0v) is 18.8. The fourth-order valence-corrected chi connectivity index (χ4v) is 2.96. The molecule has 0 aliphatic rings. The van der Waals surface area contributed by atoms with E-state index in [0.717, 1.165) is 0 Å². The summed E-state index contributed by atoms with van der Waals surface area (Å²) in [7, 11) is 3.10. The van der Waals surface area contributed by atoms with Crippen LogP contribution < -0.4 is 25.0 Å². The summed E-state index contributed by atoms with van der Waals surface area (Å²) in [5.74, 6) is 0.802. The molecule has 30 heavy (non-hydrogen) atoms. The minimum atomic E-state index is -0.539. The molecule has 8 nitrogen and oxygen atoms in total. The summed E-state index contributed by atoms with van der Waals surface area (Å²) >= 11 is 3.45. The van der Waals surface area contributed by atoms with E-state index < -0.39 is 11.8 Å². The molecule has 0 saturated heterocycles. The van der Waals surface area contributed by atoms with E-state index in [1.54, 1.807) is 50.6 Å². The van der Waals surface area contributed by atoms with Crippen molar-refractivity contribution in [1.29, 1.82) is 0 Å². The monoisotopic (exact) mass is 477 g/mol. The molecule has 160 valence electrons. The van der Waals surface area contributed by atoms with E-state index in [0.29, 0.717) is 33.0 Å². The molecule has 2 amide bonds. The van der Waals surface area contributed by atoms with Crippen molar-refractivity contribution in [1.82, 2.24) is 5.43 Å². The summed E-state index contributed by atoms with van der Waals surface area (Å²) in [5, 5.41) is 6.53. The number of benzene rings is 2. The smallest absolute Gasteiger partial charge is 0.249 e. The second kappa shape index (κ2) is 11.2. The van der Waals surface area contributed by atoms with Crippen molar-refractivity contribution in [3.63, 3.8) is 0 Å². The number of nitrogens with zero attached hydrogens (tertiary/aromatic N) is 1. The van der Waals surface area contributed by atoms with Gasteiger partial charge in [-0.25, -0.2) is 5.43 Å². The summed E-state index contributed by atoms with van der Waals surface area (Å²) in [6.07, 6.45) is 1.07. The Morgan fingerprint density at radius 1 is 1.10 bits per heavy atom. The van der Waals surface area contributed by atoms with Gasteiger partial charge in [0.05, 0.1) is 31.0 Å². The van der Waals surface area contributed by atoms with E-state index in [2.05, 4.69) is 31.8 Å². The lowest BCUT2D eigenvalue weighted by molar-refractivity contribution is -0.126. The number of hydrogen-bond donors (Lipinski definition) is 2. The molecule has 0 aromatic heterocycles. The SMILES string of the molecule is COc1ccc(NC(=O)CC(=O)NN=Cc2cc(Br)c(OC(C)C)c(OC)c2)cc1. The van der Waals surface area contributed by atoms with Gasteiger partial charge in [-0.05, 0) is 71.7 Å². The van der Waals surface area contributed by atoms with Crippen LogP contribution in [0.2, 0.25) is 0 Å². The number of amides is 2. The van der Waals surface area contributed by atoms with Crippen LogP contribution in [0.25, 0.3) is 0 Å². The lowest BCUT2D eigenvalue weighted by atomic mass is 10.2. The molecule has 0 fully saturated rings. The number of methoxy groups -OCH3 is 2. The minimum absolute atomic E-state index is 0.0157. The molecule has 0 spiro atoms. The number of ether oxygens (including phenoxy) is 3. The molecular formula is C21H24BrN3O5. The predicted molar refractivity (Wildman–Crippen MR) is 118 cm³/mol. The lowest BCUT2D eigenvalue weighted by Crippen LogP contribution is -2.24. The number of hydrazone groups is 1. The minimum Gasteiger partial charge on any atom is -0.497 e. The summed E-state index contributed by atoms with van der Waals surface area (Å²) < 4.78 is 16.8. The highest BCUT2D eigenvalue weighted by atomic mass is 79.9. The second-order valence-electron chi connectivity index (χ2n) is 6.45. The Bertz CT molecular complexity index is 914. The first-order valence-corrected chi connectivity index (χ1v) is 9.91. The number of carbonyl (C=O) groups excluding carboxylic acids is 2. The van der Waals surface area contributed by atoms with Crippen molar-refractivity contribution >= 4 is 39.6 Å². The van der Waals surface area contributed by atoms with Gasteiger partial charge >= 0.3 is 0 Å². The van der Waals surface area contributed by atoms with E-state index >= 15 is 0 Å². The van der Waals surface area contributed by atoms with Gasteiger partial charge in [-0.3, -0.25) is 9.59 Å². The zero-order valence-electron chi connectivity index (χ0n) is 17.2. The molecule has 9 heteroatoms. The Labute approximate surface area is 183 Å². The van der Waals surface area contributed by atoms with Crippen LogP contribution in [-0.4, -0.2) is 38.4 Å². The highest BCUT2D eigenvalue weighted by Gasteiger charge is 2.13. The van der Waals surface area contributed by atoms with Crippen LogP contribution in [0.5, 0.6) is 17.2 Å². The number of nitrogens with one attached hydrogen (secondary N) is 2.